The van der Waals surface area contributed by atoms with Crippen LogP contribution >= 0.6 is 0 Å². The number of hydrogen-bond acceptors (Lipinski definition) is 1. The number of hydrogen-bond donors (Lipinski definition) is 0. The standard InChI is InChI=1S/C70H63N/c1-7-11-29-52(9-3)68-63-38-24-26-40-65(63)69(66-41-27-25-39-64(66)68)56-46-48-70(6,49-47-56)71(67-50-51(5)28-16-13-17-32-54-33-20-15-21-35-60(54)67)57-44-42-55(43-45-57)58(10-4)61-36-22-23-37-62(61)59(34-12-8-2)53-30-18-14-19-31-53/h7-9,11-19,21-33,35-48,50H,3,10,34,49H2,1-2,4-6H3/b11-7-,12-8-,16-13?,17-13?,28-16?,32-17?,51-28?,51-50?,52-29+,54-32?,61-58+,62-59+,67-50?,67-60?. The van der Waals surface area contributed by atoms with E-state index in [4.69, 9.17) is 0 Å². The highest BCUT2D eigenvalue weighted by molar-refractivity contribution is 6.17. The van der Waals surface area contributed by atoms with E-state index >= 15 is 0 Å². The molecule has 0 saturated carbocycles. The van der Waals surface area contributed by atoms with Crippen LogP contribution in [0.4, 0.5) is 11.4 Å². The van der Waals surface area contributed by atoms with Crippen LogP contribution in [0.2, 0.25) is 0 Å². The zero-order valence-electron chi connectivity index (χ0n) is 41.9. The molecule has 2 aliphatic carbocycles. The predicted molar refractivity (Wildman–Crippen MR) is 310 cm³/mol. The van der Waals surface area contributed by atoms with E-state index in [2.05, 4.69) is 282 Å². The van der Waals surface area contributed by atoms with Crippen molar-refractivity contribution in [3.8, 4) is 0 Å². The van der Waals surface area contributed by atoms with Gasteiger partial charge in [-0.2, -0.15) is 0 Å². The van der Waals surface area contributed by atoms with Crippen molar-refractivity contribution in [2.24, 2.45) is 0 Å². The monoisotopic (exact) mass is 917 g/mol. The van der Waals surface area contributed by atoms with E-state index in [9.17, 15) is 0 Å². The molecule has 0 radical (unpaired) electrons. The second-order valence-electron chi connectivity index (χ2n) is 18.5. The van der Waals surface area contributed by atoms with Crippen LogP contribution in [0, 0.1) is 6.92 Å². The summed E-state index contributed by atoms with van der Waals surface area (Å²) in [6.07, 6.45) is 31.0. The Labute approximate surface area is 421 Å². The SMILES string of the molecule is C=C/C(=C\C=C/C)c1c2ccccc2c(C2=CCC(C)(N(c3ccc(/C(CC)=c4\cccc\c4=C(\C/C=C\C)c4ccccc4)cc3)c3cc(C)cccccc4c3C=CC=C=C4)C=C2)c2ccccc12. The minimum atomic E-state index is -0.469. The minimum absolute atomic E-state index is 0.469. The third-order valence-corrected chi connectivity index (χ3v) is 13.9. The predicted octanol–water partition coefficient (Wildman–Crippen LogP) is 17.5. The zero-order valence-corrected chi connectivity index (χ0v) is 41.9. The van der Waals surface area contributed by atoms with Crippen molar-refractivity contribution in [1.82, 2.24) is 0 Å². The average molecular weight is 918 g/mol. The van der Waals surface area contributed by atoms with Crippen molar-refractivity contribution in [1.29, 1.82) is 0 Å². The van der Waals surface area contributed by atoms with Gasteiger partial charge in [0.15, 0.2) is 0 Å². The summed E-state index contributed by atoms with van der Waals surface area (Å²) >= 11 is 0. The Morgan fingerprint density at radius 1 is 0.690 bits per heavy atom. The Balaban J connectivity index is 1.25. The first-order chi connectivity index (χ1) is 34.9. The van der Waals surface area contributed by atoms with Crippen molar-refractivity contribution in [2.75, 3.05) is 4.90 Å². The van der Waals surface area contributed by atoms with Gasteiger partial charge in [-0.05, 0) is 165 Å². The van der Waals surface area contributed by atoms with E-state index < -0.39 is 5.54 Å². The van der Waals surface area contributed by atoms with Crippen molar-refractivity contribution in [2.45, 2.75) is 59.4 Å². The molecule has 0 bridgehead atoms. The lowest BCUT2D eigenvalue weighted by molar-refractivity contribution is 0.571. The molecule has 0 saturated heterocycles. The summed E-state index contributed by atoms with van der Waals surface area (Å²) in [6, 6.07) is 60.0. The molecule has 0 fully saturated rings. The first kappa shape index (κ1) is 47.8. The molecule has 0 N–H and O–H groups in total. The van der Waals surface area contributed by atoms with Gasteiger partial charge in [0.2, 0.25) is 0 Å². The molecular formula is C70H63N. The summed E-state index contributed by atoms with van der Waals surface area (Å²) in [6.45, 7) is 15.3. The number of nitrogens with zero attached hydrogens (tertiary/aromatic N) is 1. The molecule has 1 nitrogen and oxygen atoms in total. The van der Waals surface area contributed by atoms with Gasteiger partial charge in [-0.3, -0.25) is 0 Å². The Bertz CT molecular complexity index is 3540. The van der Waals surface area contributed by atoms with Gasteiger partial charge in [-0.25, -0.2) is 0 Å². The van der Waals surface area contributed by atoms with Gasteiger partial charge in [0.05, 0.1) is 11.2 Å². The van der Waals surface area contributed by atoms with Gasteiger partial charge in [-0.15, -0.1) is 5.73 Å². The van der Waals surface area contributed by atoms with Crippen molar-refractivity contribution in [3.63, 3.8) is 0 Å². The summed E-state index contributed by atoms with van der Waals surface area (Å²) in [7, 11) is 0. The smallest absolute Gasteiger partial charge is 0.0643 e. The second-order valence-corrected chi connectivity index (χ2v) is 18.5. The lowest BCUT2D eigenvalue weighted by atomic mass is 9.81. The first-order valence-corrected chi connectivity index (χ1v) is 25.1. The van der Waals surface area contributed by atoms with Crippen LogP contribution in [0.5, 0.6) is 0 Å². The summed E-state index contributed by atoms with van der Waals surface area (Å²) < 4.78 is 0. The number of benzene rings is 6. The van der Waals surface area contributed by atoms with E-state index in [1.165, 1.54) is 71.0 Å². The topological polar surface area (TPSA) is 3.24 Å². The van der Waals surface area contributed by atoms with Gasteiger partial charge in [0, 0.05) is 11.3 Å². The van der Waals surface area contributed by atoms with Gasteiger partial charge in [0.25, 0.3) is 0 Å². The minimum Gasteiger partial charge on any atom is -0.331 e. The zero-order chi connectivity index (χ0) is 49.2. The molecule has 2 aliphatic rings. The highest BCUT2D eigenvalue weighted by Crippen LogP contribution is 2.46. The van der Waals surface area contributed by atoms with Gasteiger partial charge >= 0.3 is 0 Å². The second kappa shape index (κ2) is 22.0. The Morgan fingerprint density at radius 3 is 1.94 bits per heavy atom. The molecule has 0 aliphatic heterocycles. The molecule has 0 aromatic heterocycles. The molecule has 0 heterocycles. The number of anilines is 2. The number of aryl methyl sites for hydroxylation is 1. The molecule has 7 aromatic carbocycles. The van der Waals surface area contributed by atoms with Crippen molar-refractivity contribution >= 4 is 67.4 Å². The van der Waals surface area contributed by atoms with Crippen LogP contribution in [0.3, 0.4) is 0 Å². The fourth-order valence-corrected chi connectivity index (χ4v) is 10.5. The number of fused-ring (bicyclic) bond motifs is 3. The maximum absolute atomic E-state index is 4.27. The van der Waals surface area contributed by atoms with E-state index in [0.717, 1.165) is 52.9 Å². The summed E-state index contributed by atoms with van der Waals surface area (Å²) in [5, 5.41) is 7.45. The first-order valence-electron chi connectivity index (χ1n) is 25.1. The fraction of sp³-hybridized carbons (Fsp3) is 0.129. The number of rotatable bonds is 12. The van der Waals surface area contributed by atoms with E-state index in [0.29, 0.717) is 0 Å². The molecule has 1 atom stereocenters. The molecule has 9 rings (SSSR count). The molecule has 71 heavy (non-hydrogen) atoms. The maximum Gasteiger partial charge on any atom is 0.0643 e. The molecule has 7 aromatic rings. The molecule has 1 unspecified atom stereocenters. The summed E-state index contributed by atoms with van der Waals surface area (Å²) in [5.41, 5.74) is 18.5. The molecular weight excluding hydrogens is 855 g/mol. The summed E-state index contributed by atoms with van der Waals surface area (Å²) in [5.74, 6) is 0. The highest BCUT2D eigenvalue weighted by atomic mass is 15.2. The third kappa shape index (κ3) is 9.97. The maximum atomic E-state index is 4.27. The quantitative estimate of drug-likeness (QED) is 0.0511. The van der Waals surface area contributed by atoms with Crippen LogP contribution in [-0.4, -0.2) is 5.54 Å². The van der Waals surface area contributed by atoms with Crippen LogP contribution < -0.4 is 15.3 Å². The molecule has 0 spiro atoms. The van der Waals surface area contributed by atoms with Crippen LogP contribution in [0.25, 0.3) is 56.0 Å². The summed E-state index contributed by atoms with van der Waals surface area (Å²) in [4.78, 5) is 2.58. The van der Waals surface area contributed by atoms with Crippen LogP contribution in [0.1, 0.15) is 85.9 Å². The molecule has 348 valence electrons. The van der Waals surface area contributed by atoms with E-state index in [-0.39, 0.29) is 0 Å². The molecule has 1 heteroatoms. The van der Waals surface area contributed by atoms with Crippen molar-refractivity contribution in [3.05, 3.63) is 292 Å². The average Bonchev–Trinajstić information content (AvgIpc) is 3.65. The van der Waals surface area contributed by atoms with E-state index in [1.54, 1.807) is 0 Å². The lowest BCUT2D eigenvalue weighted by Gasteiger charge is -2.43. The van der Waals surface area contributed by atoms with E-state index in [1.807, 2.05) is 12.2 Å². The molecule has 0 amide bonds. The fourth-order valence-electron chi connectivity index (χ4n) is 10.5. The van der Waals surface area contributed by atoms with Crippen molar-refractivity contribution < 1.29 is 0 Å². The number of allylic oxidation sites excluding steroid dienone is 11. The lowest BCUT2D eigenvalue weighted by Crippen LogP contribution is -2.42. The van der Waals surface area contributed by atoms with Gasteiger partial charge in [0.1, 0.15) is 0 Å². The highest BCUT2D eigenvalue weighted by Gasteiger charge is 2.34. The van der Waals surface area contributed by atoms with Gasteiger partial charge in [-0.1, -0.05) is 226 Å². The van der Waals surface area contributed by atoms with Gasteiger partial charge < -0.3 is 4.90 Å². The normalized spacial score (nSPS) is 16.2. The third-order valence-electron chi connectivity index (χ3n) is 13.9. The van der Waals surface area contributed by atoms with Crippen LogP contribution in [0.15, 0.2) is 243 Å². The van der Waals surface area contributed by atoms with Crippen LogP contribution in [-0.2, 0) is 0 Å². The largest absolute Gasteiger partial charge is 0.331 e. The Kier molecular flexibility index (Phi) is 14.8. The Hall–Kier alpha value is -8.22. The Morgan fingerprint density at radius 2 is 1.31 bits per heavy atom.